The van der Waals surface area contributed by atoms with Gasteiger partial charge >= 0.3 is 0 Å². The molecule has 25 heavy (non-hydrogen) atoms. The molecule has 2 aliphatic rings. The summed E-state index contributed by atoms with van der Waals surface area (Å²) in [6, 6.07) is 13.6. The smallest absolute Gasteiger partial charge is 0.243 e. The second kappa shape index (κ2) is 6.56. The van der Waals surface area contributed by atoms with Crippen molar-refractivity contribution in [2.24, 2.45) is 0 Å². The van der Waals surface area contributed by atoms with E-state index in [-0.39, 0.29) is 6.10 Å². The Hall–Kier alpha value is -1.69. The van der Waals surface area contributed by atoms with Crippen LogP contribution >= 0.6 is 0 Å². The number of ether oxygens (including phenoxy) is 1. The number of hydrogen-bond acceptors (Lipinski definition) is 3. The van der Waals surface area contributed by atoms with Gasteiger partial charge in [0.25, 0.3) is 0 Å². The monoisotopic (exact) mass is 357 g/mol. The van der Waals surface area contributed by atoms with Crippen LogP contribution in [0.15, 0.2) is 47.4 Å². The van der Waals surface area contributed by atoms with Crippen molar-refractivity contribution < 1.29 is 13.2 Å². The predicted octanol–water partition coefficient (Wildman–Crippen LogP) is 3.25. The van der Waals surface area contributed by atoms with E-state index in [9.17, 15) is 8.42 Å². The van der Waals surface area contributed by atoms with Gasteiger partial charge in [0.05, 0.1) is 17.6 Å². The van der Waals surface area contributed by atoms with Crippen molar-refractivity contribution in [2.75, 3.05) is 19.7 Å². The van der Waals surface area contributed by atoms with Gasteiger partial charge in [0.1, 0.15) is 0 Å². The van der Waals surface area contributed by atoms with Crippen molar-refractivity contribution in [3.63, 3.8) is 0 Å². The van der Waals surface area contributed by atoms with Crippen LogP contribution in [0, 0.1) is 6.92 Å². The number of nitrogens with zero attached hydrogens (tertiary/aromatic N) is 1. The normalized spacial score (nSPS) is 21.2. The van der Waals surface area contributed by atoms with Crippen LogP contribution in [-0.4, -0.2) is 32.4 Å². The van der Waals surface area contributed by atoms with Crippen LogP contribution in [0.4, 0.5) is 0 Å². The van der Waals surface area contributed by atoms with E-state index in [1.54, 1.807) is 10.4 Å². The quantitative estimate of drug-likeness (QED) is 0.847. The maximum absolute atomic E-state index is 13.1. The first-order valence-electron chi connectivity index (χ1n) is 8.85. The summed E-state index contributed by atoms with van der Waals surface area (Å²) >= 11 is 0. The Bertz CT molecular complexity index is 892. The molecule has 0 aromatic heterocycles. The number of morpholine rings is 1. The first kappa shape index (κ1) is 16.8. The number of benzene rings is 2. The summed E-state index contributed by atoms with van der Waals surface area (Å²) in [4.78, 5) is 0.415. The average molecular weight is 357 g/mol. The summed E-state index contributed by atoms with van der Waals surface area (Å²) in [7, 11) is -3.48. The molecule has 1 unspecified atom stereocenters. The van der Waals surface area contributed by atoms with Crippen LogP contribution in [-0.2, 0) is 27.6 Å². The van der Waals surface area contributed by atoms with E-state index in [0.29, 0.717) is 24.6 Å². The van der Waals surface area contributed by atoms with Crippen LogP contribution in [0.3, 0.4) is 0 Å². The summed E-state index contributed by atoms with van der Waals surface area (Å²) in [6.45, 7) is 3.22. The Morgan fingerprint density at radius 3 is 2.72 bits per heavy atom. The third-order valence-electron chi connectivity index (χ3n) is 5.27. The fourth-order valence-electron chi connectivity index (χ4n) is 3.84. The molecule has 1 atom stereocenters. The van der Waals surface area contributed by atoms with Gasteiger partial charge in [-0.2, -0.15) is 4.31 Å². The van der Waals surface area contributed by atoms with Crippen molar-refractivity contribution in [3.8, 4) is 0 Å². The van der Waals surface area contributed by atoms with Crippen molar-refractivity contribution in [1.29, 1.82) is 0 Å². The van der Waals surface area contributed by atoms with Crippen molar-refractivity contribution >= 4 is 10.0 Å². The summed E-state index contributed by atoms with van der Waals surface area (Å²) in [5, 5.41) is 0. The molecule has 0 bridgehead atoms. The molecule has 1 saturated heterocycles. The zero-order valence-electron chi connectivity index (χ0n) is 14.4. The molecular formula is C20H23NO3S. The lowest BCUT2D eigenvalue weighted by molar-refractivity contribution is -0.00288. The van der Waals surface area contributed by atoms with E-state index in [1.165, 1.54) is 11.1 Å². The number of aryl methyl sites for hydroxylation is 3. The number of hydrogen-bond donors (Lipinski definition) is 0. The predicted molar refractivity (Wildman–Crippen MR) is 97.1 cm³/mol. The highest BCUT2D eigenvalue weighted by molar-refractivity contribution is 7.89. The molecule has 1 heterocycles. The van der Waals surface area contributed by atoms with Crippen LogP contribution in [0.1, 0.15) is 34.8 Å². The van der Waals surface area contributed by atoms with E-state index in [4.69, 9.17) is 4.74 Å². The minimum Gasteiger partial charge on any atom is -0.371 e. The third-order valence-corrected chi connectivity index (χ3v) is 7.13. The molecule has 1 aliphatic heterocycles. The van der Waals surface area contributed by atoms with E-state index >= 15 is 0 Å². The van der Waals surface area contributed by atoms with Gasteiger partial charge in [-0.15, -0.1) is 0 Å². The highest BCUT2D eigenvalue weighted by Gasteiger charge is 2.32. The fourth-order valence-corrected chi connectivity index (χ4v) is 5.31. The molecule has 2 aromatic carbocycles. The van der Waals surface area contributed by atoms with Gasteiger partial charge in [-0.25, -0.2) is 8.42 Å². The average Bonchev–Trinajstić information content (AvgIpc) is 3.10. The highest BCUT2D eigenvalue weighted by atomic mass is 32.2. The maximum Gasteiger partial charge on any atom is 0.243 e. The van der Waals surface area contributed by atoms with Gasteiger partial charge in [-0.05, 0) is 60.6 Å². The fraction of sp³-hybridized carbons (Fsp3) is 0.400. The van der Waals surface area contributed by atoms with Gasteiger partial charge in [0.2, 0.25) is 10.0 Å². The van der Waals surface area contributed by atoms with Crippen LogP contribution in [0.5, 0.6) is 0 Å². The molecule has 1 aliphatic carbocycles. The molecule has 1 fully saturated rings. The molecule has 132 valence electrons. The Morgan fingerprint density at radius 2 is 1.88 bits per heavy atom. The van der Waals surface area contributed by atoms with Crippen molar-refractivity contribution in [2.45, 2.75) is 37.2 Å². The Kier molecular flexibility index (Phi) is 4.40. The molecule has 0 radical (unpaired) electrons. The third kappa shape index (κ3) is 3.12. The SMILES string of the molecule is Cc1ccccc1C1CN(S(=O)(=O)c2ccc3c(c2)CCC3)CCO1. The van der Waals surface area contributed by atoms with Crippen LogP contribution in [0.2, 0.25) is 0 Å². The lowest BCUT2D eigenvalue weighted by atomic mass is 10.0. The Balaban J connectivity index is 1.61. The van der Waals surface area contributed by atoms with Gasteiger partial charge in [-0.1, -0.05) is 30.3 Å². The molecule has 0 amide bonds. The second-order valence-corrected chi connectivity index (χ2v) is 8.80. The van der Waals surface area contributed by atoms with Gasteiger partial charge < -0.3 is 4.74 Å². The number of fused-ring (bicyclic) bond motifs is 1. The standard InChI is InChI=1S/C20H23NO3S/c1-15-5-2-3-8-19(15)20-14-21(11-12-24-20)25(22,23)18-10-9-16-6-4-7-17(16)13-18/h2-3,5,8-10,13,20H,4,6-7,11-12,14H2,1H3. The van der Waals surface area contributed by atoms with Gasteiger partial charge in [0.15, 0.2) is 0 Å². The highest BCUT2D eigenvalue weighted by Crippen LogP contribution is 2.30. The zero-order valence-corrected chi connectivity index (χ0v) is 15.3. The first-order valence-corrected chi connectivity index (χ1v) is 10.3. The molecule has 0 N–H and O–H groups in total. The largest absolute Gasteiger partial charge is 0.371 e. The minimum absolute atomic E-state index is 0.209. The van der Waals surface area contributed by atoms with Crippen molar-refractivity contribution in [1.82, 2.24) is 4.31 Å². The minimum atomic E-state index is -3.48. The first-order chi connectivity index (χ1) is 12.1. The number of rotatable bonds is 3. The molecule has 2 aromatic rings. The Morgan fingerprint density at radius 1 is 1.08 bits per heavy atom. The summed E-state index contributed by atoms with van der Waals surface area (Å²) < 4.78 is 33.7. The van der Waals surface area contributed by atoms with E-state index < -0.39 is 10.0 Å². The van der Waals surface area contributed by atoms with Gasteiger partial charge in [-0.3, -0.25) is 0 Å². The van der Waals surface area contributed by atoms with E-state index in [0.717, 1.165) is 30.4 Å². The van der Waals surface area contributed by atoms with Gasteiger partial charge in [0, 0.05) is 13.1 Å². The summed E-state index contributed by atoms with van der Waals surface area (Å²) in [5.41, 5.74) is 4.67. The molecule has 0 saturated carbocycles. The summed E-state index contributed by atoms with van der Waals surface area (Å²) in [6.07, 6.45) is 2.95. The molecule has 5 heteroatoms. The molecular weight excluding hydrogens is 334 g/mol. The Labute approximate surface area is 149 Å². The molecule has 4 rings (SSSR count). The number of sulfonamides is 1. The van der Waals surface area contributed by atoms with Crippen LogP contribution < -0.4 is 0 Å². The molecule has 0 spiro atoms. The van der Waals surface area contributed by atoms with E-state index in [2.05, 4.69) is 0 Å². The second-order valence-electron chi connectivity index (χ2n) is 6.86. The molecule has 4 nitrogen and oxygen atoms in total. The van der Waals surface area contributed by atoms with Crippen molar-refractivity contribution in [3.05, 3.63) is 64.7 Å². The van der Waals surface area contributed by atoms with E-state index in [1.807, 2.05) is 43.3 Å². The zero-order chi connectivity index (χ0) is 17.4. The lowest BCUT2D eigenvalue weighted by Crippen LogP contribution is -2.42. The maximum atomic E-state index is 13.1. The lowest BCUT2D eigenvalue weighted by Gasteiger charge is -2.33. The van der Waals surface area contributed by atoms with Crippen LogP contribution in [0.25, 0.3) is 0 Å². The topological polar surface area (TPSA) is 46.6 Å². The summed E-state index contributed by atoms with van der Waals surface area (Å²) in [5.74, 6) is 0.